The normalized spacial score (nSPS) is 11.6. The molecule has 11 aromatic rings. The van der Waals surface area contributed by atoms with E-state index in [0.29, 0.717) is 5.95 Å². The number of fused-ring (bicyclic) bond motifs is 6. The van der Waals surface area contributed by atoms with Crippen molar-refractivity contribution in [3.05, 3.63) is 206 Å². The van der Waals surface area contributed by atoms with Gasteiger partial charge in [-0.2, -0.15) is 0 Å². The lowest BCUT2D eigenvalue weighted by Gasteiger charge is -2.12. The first-order valence-electron chi connectivity index (χ1n) is 19.0. The summed E-state index contributed by atoms with van der Waals surface area (Å²) >= 11 is 0. The Morgan fingerprint density at radius 1 is 0.268 bits per heavy atom. The van der Waals surface area contributed by atoms with Crippen molar-refractivity contribution in [2.45, 2.75) is 0 Å². The number of hydrogen-bond donors (Lipinski definition) is 0. The summed E-state index contributed by atoms with van der Waals surface area (Å²) in [6.07, 6.45) is 0. The van der Waals surface area contributed by atoms with Gasteiger partial charge in [-0.25, -0.2) is 9.97 Å². The summed E-state index contributed by atoms with van der Waals surface area (Å²) in [5, 5.41) is 4.83. The lowest BCUT2D eigenvalue weighted by molar-refractivity contribution is 0.996. The highest BCUT2D eigenvalue weighted by molar-refractivity contribution is 6.11. The van der Waals surface area contributed by atoms with Crippen molar-refractivity contribution in [3.8, 4) is 56.4 Å². The van der Waals surface area contributed by atoms with Gasteiger partial charge in [0.15, 0.2) is 0 Å². The minimum absolute atomic E-state index is 0.643. The molecule has 0 bridgehead atoms. The molecule has 0 radical (unpaired) electrons. The minimum atomic E-state index is 0.643. The fourth-order valence-corrected chi connectivity index (χ4v) is 8.30. The van der Waals surface area contributed by atoms with Crippen LogP contribution in [-0.4, -0.2) is 19.1 Å². The van der Waals surface area contributed by atoms with E-state index in [9.17, 15) is 0 Å². The Morgan fingerprint density at radius 2 is 0.679 bits per heavy atom. The number of rotatable bonds is 6. The SMILES string of the molecule is c1ccc(-c2cc(-c3ccccc3)nc(-n3c4ccccc4c4ccc(-c5cccc(-c6ccc7c8ccccc8n(-c8ccccc8)c7c6)c5)cc43)n2)cc1. The van der Waals surface area contributed by atoms with Crippen LogP contribution >= 0.6 is 0 Å². The topological polar surface area (TPSA) is 35.6 Å². The molecular weight excluding hydrogens is 681 g/mol. The Kier molecular flexibility index (Phi) is 7.46. The quantitative estimate of drug-likeness (QED) is 0.172. The fraction of sp³-hybridized carbons (Fsp3) is 0. The highest BCUT2D eigenvalue weighted by Crippen LogP contribution is 2.38. The fourth-order valence-electron chi connectivity index (χ4n) is 8.30. The zero-order valence-electron chi connectivity index (χ0n) is 30.4. The number of benzene rings is 8. The van der Waals surface area contributed by atoms with E-state index in [0.717, 1.165) is 55.7 Å². The van der Waals surface area contributed by atoms with E-state index >= 15 is 0 Å². The maximum Gasteiger partial charge on any atom is 0.235 e. The molecule has 3 aromatic heterocycles. The molecule has 4 heteroatoms. The van der Waals surface area contributed by atoms with Crippen molar-refractivity contribution < 1.29 is 0 Å². The summed E-state index contributed by atoms with van der Waals surface area (Å²) in [5.41, 5.74) is 14.2. The van der Waals surface area contributed by atoms with E-state index in [1.165, 1.54) is 38.3 Å². The predicted octanol–water partition coefficient (Wildman–Crippen LogP) is 13.3. The van der Waals surface area contributed by atoms with Gasteiger partial charge in [-0.1, -0.05) is 158 Å². The Bertz CT molecular complexity index is 3170. The Balaban J connectivity index is 1.08. The van der Waals surface area contributed by atoms with E-state index in [4.69, 9.17) is 9.97 Å². The van der Waals surface area contributed by atoms with Gasteiger partial charge in [0.05, 0.1) is 33.5 Å². The number of hydrogen-bond acceptors (Lipinski definition) is 2. The molecule has 0 unspecified atom stereocenters. The van der Waals surface area contributed by atoms with E-state index in [2.05, 4.69) is 203 Å². The smallest absolute Gasteiger partial charge is 0.235 e. The molecule has 0 saturated carbocycles. The van der Waals surface area contributed by atoms with Crippen molar-refractivity contribution in [1.29, 1.82) is 0 Å². The van der Waals surface area contributed by atoms with Crippen LogP contribution in [0.5, 0.6) is 0 Å². The van der Waals surface area contributed by atoms with Crippen LogP contribution in [0.15, 0.2) is 206 Å². The van der Waals surface area contributed by atoms with E-state index in [1.807, 2.05) is 12.1 Å². The molecule has 0 spiro atoms. The Morgan fingerprint density at radius 3 is 1.23 bits per heavy atom. The standard InChI is InChI=1S/C52H34N4/c1-4-15-35(16-5-1)46-34-47(36-17-6-2-7-18-36)54-52(53-46)56-49-26-13-11-24-43(49)45-30-28-40(33-51(45)56)38-20-14-19-37(31-38)39-27-29-44-42-23-10-12-25-48(42)55(50(44)32-39)41-21-8-3-9-22-41/h1-34H. The molecule has 0 amide bonds. The van der Waals surface area contributed by atoms with Gasteiger partial charge in [0.2, 0.25) is 5.95 Å². The highest BCUT2D eigenvalue weighted by Gasteiger charge is 2.18. The Hall–Kier alpha value is -7.56. The molecule has 0 aliphatic rings. The summed E-state index contributed by atoms with van der Waals surface area (Å²) in [5.74, 6) is 0.643. The van der Waals surface area contributed by atoms with Crippen LogP contribution in [0.4, 0.5) is 0 Å². The lowest BCUT2D eigenvalue weighted by atomic mass is 9.97. The van der Waals surface area contributed by atoms with E-state index in [1.54, 1.807) is 0 Å². The molecule has 0 saturated heterocycles. The minimum Gasteiger partial charge on any atom is -0.309 e. The van der Waals surface area contributed by atoms with Crippen LogP contribution in [0.1, 0.15) is 0 Å². The second-order valence-electron chi connectivity index (χ2n) is 14.3. The second-order valence-corrected chi connectivity index (χ2v) is 14.3. The average molecular weight is 715 g/mol. The van der Waals surface area contributed by atoms with Gasteiger partial charge in [0.1, 0.15) is 0 Å². The summed E-state index contributed by atoms with van der Waals surface area (Å²) in [4.78, 5) is 10.5. The molecule has 0 fully saturated rings. The first-order chi connectivity index (χ1) is 27.8. The van der Waals surface area contributed by atoms with Crippen molar-refractivity contribution in [2.75, 3.05) is 0 Å². The van der Waals surface area contributed by atoms with Crippen molar-refractivity contribution in [3.63, 3.8) is 0 Å². The molecule has 262 valence electrons. The van der Waals surface area contributed by atoms with Crippen LogP contribution < -0.4 is 0 Å². The monoisotopic (exact) mass is 714 g/mol. The van der Waals surface area contributed by atoms with Crippen molar-refractivity contribution in [1.82, 2.24) is 19.1 Å². The molecular formula is C52H34N4. The number of nitrogens with zero attached hydrogens (tertiary/aromatic N) is 4. The molecule has 0 aliphatic carbocycles. The third kappa shape index (κ3) is 5.31. The lowest BCUT2D eigenvalue weighted by Crippen LogP contribution is -2.04. The van der Waals surface area contributed by atoms with Gasteiger partial charge >= 0.3 is 0 Å². The Labute approximate surface area is 324 Å². The van der Waals surface area contributed by atoms with Gasteiger partial charge in [-0.3, -0.25) is 4.57 Å². The third-order valence-corrected chi connectivity index (χ3v) is 10.9. The highest BCUT2D eigenvalue weighted by atomic mass is 15.2. The molecule has 3 heterocycles. The molecule has 8 aromatic carbocycles. The van der Waals surface area contributed by atoms with Crippen LogP contribution in [0, 0.1) is 0 Å². The third-order valence-electron chi connectivity index (χ3n) is 10.9. The average Bonchev–Trinajstić information content (AvgIpc) is 3.79. The van der Waals surface area contributed by atoms with Crippen molar-refractivity contribution in [2.24, 2.45) is 0 Å². The summed E-state index contributed by atoms with van der Waals surface area (Å²) in [7, 11) is 0. The van der Waals surface area contributed by atoms with E-state index < -0.39 is 0 Å². The van der Waals surface area contributed by atoms with Crippen LogP contribution in [0.25, 0.3) is 100 Å². The molecule has 4 nitrogen and oxygen atoms in total. The zero-order valence-corrected chi connectivity index (χ0v) is 30.4. The molecule has 56 heavy (non-hydrogen) atoms. The first-order valence-corrected chi connectivity index (χ1v) is 19.0. The summed E-state index contributed by atoms with van der Waals surface area (Å²) in [6.45, 7) is 0. The maximum absolute atomic E-state index is 5.25. The largest absolute Gasteiger partial charge is 0.309 e. The predicted molar refractivity (Wildman–Crippen MR) is 232 cm³/mol. The number of aromatic nitrogens is 4. The van der Waals surface area contributed by atoms with Crippen LogP contribution in [0.2, 0.25) is 0 Å². The molecule has 0 N–H and O–H groups in total. The first kappa shape index (κ1) is 31.9. The van der Waals surface area contributed by atoms with Crippen molar-refractivity contribution >= 4 is 43.6 Å². The van der Waals surface area contributed by atoms with Gasteiger partial charge in [-0.15, -0.1) is 0 Å². The maximum atomic E-state index is 5.25. The van der Waals surface area contributed by atoms with E-state index in [-0.39, 0.29) is 0 Å². The van der Waals surface area contributed by atoms with Crippen LogP contribution in [-0.2, 0) is 0 Å². The zero-order chi connectivity index (χ0) is 37.0. The molecule has 0 atom stereocenters. The second kappa shape index (κ2) is 13.1. The van der Waals surface area contributed by atoms with Gasteiger partial charge in [0, 0.05) is 38.4 Å². The van der Waals surface area contributed by atoms with Gasteiger partial charge < -0.3 is 4.57 Å². The summed E-state index contributed by atoms with van der Waals surface area (Å²) < 4.78 is 4.61. The molecule has 11 rings (SSSR count). The van der Waals surface area contributed by atoms with Gasteiger partial charge in [0.25, 0.3) is 0 Å². The van der Waals surface area contributed by atoms with Gasteiger partial charge in [-0.05, 0) is 70.8 Å². The van der Waals surface area contributed by atoms with Crippen LogP contribution in [0.3, 0.4) is 0 Å². The number of para-hydroxylation sites is 3. The summed E-state index contributed by atoms with van der Waals surface area (Å²) in [6, 6.07) is 73.3. The molecule has 0 aliphatic heterocycles.